The lowest BCUT2D eigenvalue weighted by atomic mass is 10.1. The molecule has 3 rings (SSSR count). The van der Waals surface area contributed by atoms with Crippen molar-refractivity contribution >= 4 is 23.4 Å². The summed E-state index contributed by atoms with van der Waals surface area (Å²) >= 11 is 0. The molecule has 0 saturated carbocycles. The van der Waals surface area contributed by atoms with Gasteiger partial charge in [-0.25, -0.2) is 4.39 Å². The smallest absolute Gasteiger partial charge is 0.265 e. The number of ether oxygens (including phenoxy) is 3. The van der Waals surface area contributed by atoms with Gasteiger partial charge in [0.1, 0.15) is 12.4 Å². The van der Waals surface area contributed by atoms with E-state index in [0.717, 1.165) is 6.07 Å². The number of nitrogens with zero attached hydrogens (tertiary/aromatic N) is 1. The van der Waals surface area contributed by atoms with Crippen LogP contribution in [-0.2, 0) is 4.79 Å². The Bertz CT molecular complexity index is 950. The molecular weight excluding hydrogens is 371 g/mol. The quantitative estimate of drug-likeness (QED) is 0.762. The van der Waals surface area contributed by atoms with Gasteiger partial charge in [0.25, 0.3) is 11.8 Å². The summed E-state index contributed by atoms with van der Waals surface area (Å²) in [5.74, 6) is -2.04. The van der Waals surface area contributed by atoms with Crippen molar-refractivity contribution in [2.75, 3.05) is 33.2 Å². The van der Waals surface area contributed by atoms with Crippen LogP contribution in [0.4, 0.5) is 10.1 Å². The average molecular weight is 388 g/mol. The average Bonchev–Trinajstić information content (AvgIpc) is 2.92. The number of carbonyl (C=O) groups excluding carboxylic acids is 3. The first kappa shape index (κ1) is 19.2. The first-order valence-corrected chi connectivity index (χ1v) is 8.15. The molecule has 2 aromatic rings. The minimum absolute atomic E-state index is 0.0643. The molecule has 0 fully saturated rings. The summed E-state index contributed by atoms with van der Waals surface area (Å²) in [7, 11) is 4.30. The third-order valence-corrected chi connectivity index (χ3v) is 4.20. The molecule has 1 heterocycles. The Kier molecular flexibility index (Phi) is 5.16. The van der Waals surface area contributed by atoms with Crippen LogP contribution in [0.25, 0.3) is 0 Å². The van der Waals surface area contributed by atoms with E-state index in [2.05, 4.69) is 5.32 Å². The van der Waals surface area contributed by atoms with Crippen LogP contribution >= 0.6 is 0 Å². The second kappa shape index (κ2) is 7.55. The highest BCUT2D eigenvalue weighted by Crippen LogP contribution is 2.40. The van der Waals surface area contributed by atoms with Crippen molar-refractivity contribution in [2.45, 2.75) is 0 Å². The van der Waals surface area contributed by atoms with Gasteiger partial charge >= 0.3 is 0 Å². The molecule has 1 aliphatic rings. The van der Waals surface area contributed by atoms with E-state index in [9.17, 15) is 18.8 Å². The maximum absolute atomic E-state index is 13.9. The van der Waals surface area contributed by atoms with E-state index >= 15 is 0 Å². The van der Waals surface area contributed by atoms with Crippen molar-refractivity contribution in [3.8, 4) is 17.2 Å². The molecule has 146 valence electrons. The molecule has 9 heteroatoms. The first-order valence-electron chi connectivity index (χ1n) is 8.15. The standard InChI is InChI=1S/C19H17FN2O6/c1-26-13-7-10(8-14(27-2)17(13)28-3)21-15(23)9-22-18(24)11-5-4-6-12(20)16(11)19(22)25/h4-8H,9H2,1-3H3,(H,21,23). The highest BCUT2D eigenvalue weighted by molar-refractivity contribution is 6.22. The Morgan fingerprint density at radius 1 is 1.04 bits per heavy atom. The van der Waals surface area contributed by atoms with Gasteiger partial charge in [-0.15, -0.1) is 0 Å². The van der Waals surface area contributed by atoms with Crippen LogP contribution in [0.15, 0.2) is 30.3 Å². The van der Waals surface area contributed by atoms with Gasteiger partial charge in [0.05, 0.1) is 32.5 Å². The maximum atomic E-state index is 13.9. The summed E-state index contributed by atoms with van der Waals surface area (Å²) in [5.41, 5.74) is -0.0824. The number of carbonyl (C=O) groups is 3. The second-order valence-electron chi connectivity index (χ2n) is 5.82. The molecule has 0 radical (unpaired) electrons. The second-order valence-corrected chi connectivity index (χ2v) is 5.82. The Morgan fingerprint density at radius 2 is 1.68 bits per heavy atom. The number of benzene rings is 2. The van der Waals surface area contributed by atoms with Gasteiger partial charge in [-0.05, 0) is 12.1 Å². The van der Waals surface area contributed by atoms with E-state index < -0.39 is 30.1 Å². The summed E-state index contributed by atoms with van der Waals surface area (Å²) in [6.07, 6.45) is 0. The van der Waals surface area contributed by atoms with Crippen LogP contribution in [0.3, 0.4) is 0 Å². The van der Waals surface area contributed by atoms with Gasteiger partial charge in [-0.1, -0.05) is 6.07 Å². The van der Waals surface area contributed by atoms with Gasteiger partial charge in [0.2, 0.25) is 11.7 Å². The van der Waals surface area contributed by atoms with Crippen molar-refractivity contribution in [1.82, 2.24) is 4.90 Å². The van der Waals surface area contributed by atoms with E-state index in [-0.39, 0.29) is 11.1 Å². The summed E-state index contributed by atoms with van der Waals surface area (Å²) in [4.78, 5) is 37.7. The largest absolute Gasteiger partial charge is 0.493 e. The molecule has 0 bridgehead atoms. The molecule has 0 saturated heterocycles. The van der Waals surface area contributed by atoms with Crippen molar-refractivity contribution < 1.29 is 33.0 Å². The summed E-state index contributed by atoms with van der Waals surface area (Å²) in [5, 5.41) is 2.56. The fraction of sp³-hybridized carbons (Fsp3) is 0.211. The Hall–Kier alpha value is -3.62. The number of nitrogens with one attached hydrogen (secondary N) is 1. The molecule has 0 aliphatic carbocycles. The molecule has 0 aromatic heterocycles. The van der Waals surface area contributed by atoms with Crippen LogP contribution < -0.4 is 19.5 Å². The summed E-state index contributed by atoms with van der Waals surface area (Å²) < 4.78 is 29.5. The number of hydrogen-bond acceptors (Lipinski definition) is 6. The lowest BCUT2D eigenvalue weighted by Gasteiger charge is -2.16. The third kappa shape index (κ3) is 3.22. The zero-order valence-corrected chi connectivity index (χ0v) is 15.4. The van der Waals surface area contributed by atoms with Crippen LogP contribution in [0, 0.1) is 5.82 Å². The zero-order chi connectivity index (χ0) is 20.4. The van der Waals surface area contributed by atoms with Crippen LogP contribution in [-0.4, -0.2) is 50.5 Å². The van der Waals surface area contributed by atoms with E-state index in [1.807, 2.05) is 0 Å². The van der Waals surface area contributed by atoms with Gasteiger partial charge in [0, 0.05) is 17.8 Å². The van der Waals surface area contributed by atoms with Crippen molar-refractivity contribution in [2.24, 2.45) is 0 Å². The van der Waals surface area contributed by atoms with E-state index in [1.54, 1.807) is 0 Å². The fourth-order valence-electron chi connectivity index (χ4n) is 2.93. The van der Waals surface area contributed by atoms with Gasteiger partial charge in [-0.2, -0.15) is 0 Å². The molecule has 0 spiro atoms. The number of hydrogen-bond donors (Lipinski definition) is 1. The van der Waals surface area contributed by atoms with Crippen LogP contribution in [0.1, 0.15) is 20.7 Å². The molecule has 0 atom stereocenters. The molecule has 3 amide bonds. The third-order valence-electron chi connectivity index (χ3n) is 4.20. The van der Waals surface area contributed by atoms with E-state index in [4.69, 9.17) is 14.2 Å². The Morgan fingerprint density at radius 3 is 2.21 bits per heavy atom. The zero-order valence-electron chi connectivity index (χ0n) is 15.4. The molecule has 0 unspecified atom stereocenters. The molecule has 1 aliphatic heterocycles. The maximum Gasteiger partial charge on any atom is 0.265 e. The Balaban J connectivity index is 1.79. The number of halogens is 1. The number of fused-ring (bicyclic) bond motifs is 1. The number of imide groups is 1. The molecular formula is C19H17FN2O6. The number of rotatable bonds is 6. The lowest BCUT2D eigenvalue weighted by molar-refractivity contribution is -0.116. The van der Waals surface area contributed by atoms with Gasteiger partial charge < -0.3 is 19.5 Å². The highest BCUT2D eigenvalue weighted by Gasteiger charge is 2.38. The number of anilines is 1. The lowest BCUT2D eigenvalue weighted by Crippen LogP contribution is -2.37. The summed E-state index contributed by atoms with van der Waals surface area (Å²) in [6, 6.07) is 6.76. The summed E-state index contributed by atoms with van der Waals surface area (Å²) in [6.45, 7) is -0.567. The normalized spacial score (nSPS) is 12.6. The predicted molar refractivity (Wildman–Crippen MR) is 96.5 cm³/mol. The van der Waals surface area contributed by atoms with Crippen LogP contribution in [0.5, 0.6) is 17.2 Å². The van der Waals surface area contributed by atoms with Gasteiger partial charge in [-0.3, -0.25) is 19.3 Å². The minimum atomic E-state index is -0.849. The SMILES string of the molecule is COc1cc(NC(=O)CN2C(=O)c3cccc(F)c3C2=O)cc(OC)c1OC. The molecule has 8 nitrogen and oxygen atoms in total. The minimum Gasteiger partial charge on any atom is -0.493 e. The number of amides is 3. The van der Waals surface area contributed by atoms with E-state index in [1.165, 1.54) is 45.6 Å². The van der Waals surface area contributed by atoms with Crippen molar-refractivity contribution in [3.63, 3.8) is 0 Å². The molecule has 28 heavy (non-hydrogen) atoms. The first-order chi connectivity index (χ1) is 13.4. The Labute approximate surface area is 159 Å². The molecule has 1 N–H and O–H groups in total. The van der Waals surface area contributed by atoms with Crippen molar-refractivity contribution in [1.29, 1.82) is 0 Å². The monoisotopic (exact) mass is 388 g/mol. The fourth-order valence-corrected chi connectivity index (χ4v) is 2.93. The highest BCUT2D eigenvalue weighted by atomic mass is 19.1. The number of methoxy groups -OCH3 is 3. The van der Waals surface area contributed by atoms with E-state index in [0.29, 0.717) is 27.8 Å². The van der Waals surface area contributed by atoms with Crippen LogP contribution in [0.2, 0.25) is 0 Å². The molecule has 2 aromatic carbocycles. The van der Waals surface area contributed by atoms with Gasteiger partial charge in [0.15, 0.2) is 11.5 Å². The predicted octanol–water partition coefficient (Wildman–Crippen LogP) is 2.09. The topological polar surface area (TPSA) is 94.2 Å². The van der Waals surface area contributed by atoms with Crippen molar-refractivity contribution in [3.05, 3.63) is 47.3 Å².